The van der Waals surface area contributed by atoms with Gasteiger partial charge in [-0.25, -0.2) is 0 Å². The SMILES string of the molecule is CCOC(=O)C1(c2ccc(-c3ccc(-c4onc(C)c4Nc4ccnc(-c5ccccc5)c4)cc3)cc2)CC1. The molecule has 1 aliphatic carbocycles. The average molecular weight is 516 g/mol. The molecule has 0 radical (unpaired) electrons. The molecule has 0 unspecified atom stereocenters. The quantitative estimate of drug-likeness (QED) is 0.213. The molecule has 0 saturated heterocycles. The van der Waals surface area contributed by atoms with Crippen molar-refractivity contribution >= 4 is 17.3 Å². The van der Waals surface area contributed by atoms with E-state index in [1.165, 1.54) is 0 Å². The summed E-state index contributed by atoms with van der Waals surface area (Å²) in [5.41, 5.74) is 8.12. The Kier molecular flexibility index (Phi) is 6.45. The molecule has 0 bridgehead atoms. The Balaban J connectivity index is 1.22. The maximum Gasteiger partial charge on any atom is 0.316 e. The number of nitrogens with one attached hydrogen (secondary N) is 1. The van der Waals surface area contributed by atoms with Crippen molar-refractivity contribution in [3.8, 4) is 33.7 Å². The summed E-state index contributed by atoms with van der Waals surface area (Å²) in [7, 11) is 0. The Morgan fingerprint density at radius 1 is 0.897 bits per heavy atom. The predicted octanol–water partition coefficient (Wildman–Crippen LogP) is 7.72. The number of carbonyl (C=O) groups excluding carboxylic acids is 1. The predicted molar refractivity (Wildman–Crippen MR) is 153 cm³/mol. The normalized spacial score (nSPS) is 13.6. The van der Waals surface area contributed by atoms with Gasteiger partial charge >= 0.3 is 5.97 Å². The zero-order chi connectivity index (χ0) is 26.8. The highest BCUT2D eigenvalue weighted by Crippen LogP contribution is 2.49. The Morgan fingerprint density at radius 3 is 2.23 bits per heavy atom. The Labute approximate surface area is 227 Å². The van der Waals surface area contributed by atoms with Gasteiger partial charge in [0.1, 0.15) is 11.4 Å². The minimum atomic E-state index is -0.456. The van der Waals surface area contributed by atoms with E-state index in [1.54, 1.807) is 6.20 Å². The number of pyridine rings is 1. The molecule has 6 heteroatoms. The van der Waals surface area contributed by atoms with Crippen molar-refractivity contribution in [1.82, 2.24) is 10.1 Å². The number of rotatable bonds is 8. The van der Waals surface area contributed by atoms with Crippen LogP contribution in [0.1, 0.15) is 31.0 Å². The minimum absolute atomic E-state index is 0.114. The smallest absolute Gasteiger partial charge is 0.316 e. The number of benzene rings is 3. The third-order valence-corrected chi connectivity index (χ3v) is 7.30. The molecule has 0 spiro atoms. The van der Waals surface area contributed by atoms with Crippen LogP contribution in [-0.2, 0) is 14.9 Å². The van der Waals surface area contributed by atoms with Gasteiger partial charge in [-0.2, -0.15) is 0 Å². The first-order valence-electron chi connectivity index (χ1n) is 13.2. The van der Waals surface area contributed by atoms with Crippen LogP contribution < -0.4 is 5.32 Å². The number of aromatic nitrogens is 2. The van der Waals surface area contributed by atoms with E-state index < -0.39 is 5.41 Å². The van der Waals surface area contributed by atoms with E-state index in [0.717, 1.165) is 63.4 Å². The molecule has 194 valence electrons. The van der Waals surface area contributed by atoms with Crippen LogP contribution in [-0.4, -0.2) is 22.7 Å². The van der Waals surface area contributed by atoms with Crippen molar-refractivity contribution in [2.24, 2.45) is 0 Å². The van der Waals surface area contributed by atoms with Gasteiger partial charge in [0.2, 0.25) is 0 Å². The summed E-state index contributed by atoms with van der Waals surface area (Å²) in [4.78, 5) is 17.0. The fraction of sp³-hybridized carbons (Fsp3) is 0.182. The first-order valence-corrected chi connectivity index (χ1v) is 13.2. The van der Waals surface area contributed by atoms with Gasteiger partial charge in [0.25, 0.3) is 0 Å². The maximum atomic E-state index is 12.4. The molecule has 1 aliphatic rings. The van der Waals surface area contributed by atoms with Crippen LogP contribution in [0.15, 0.2) is 102 Å². The zero-order valence-corrected chi connectivity index (χ0v) is 22.0. The van der Waals surface area contributed by atoms with Crippen molar-refractivity contribution in [3.63, 3.8) is 0 Å². The molecule has 1 saturated carbocycles. The van der Waals surface area contributed by atoms with Crippen LogP contribution in [0.2, 0.25) is 0 Å². The number of anilines is 2. The number of hydrogen-bond acceptors (Lipinski definition) is 6. The molecule has 6 rings (SSSR count). The van der Waals surface area contributed by atoms with Gasteiger partial charge in [-0.05, 0) is 55.5 Å². The number of ether oxygens (including phenoxy) is 1. The largest absolute Gasteiger partial charge is 0.465 e. The third kappa shape index (κ3) is 4.81. The summed E-state index contributed by atoms with van der Waals surface area (Å²) in [6.07, 6.45) is 3.49. The highest BCUT2D eigenvalue weighted by molar-refractivity contribution is 5.87. The van der Waals surface area contributed by atoms with E-state index in [2.05, 4.69) is 39.7 Å². The molecular weight excluding hydrogens is 486 g/mol. The van der Waals surface area contributed by atoms with Crippen molar-refractivity contribution < 1.29 is 14.1 Å². The second-order valence-electron chi connectivity index (χ2n) is 9.85. The molecule has 39 heavy (non-hydrogen) atoms. The molecule has 0 aliphatic heterocycles. The topological polar surface area (TPSA) is 77.2 Å². The Bertz CT molecular complexity index is 1600. The van der Waals surface area contributed by atoms with Gasteiger partial charge in [0.05, 0.1) is 17.7 Å². The summed E-state index contributed by atoms with van der Waals surface area (Å²) in [5, 5.41) is 7.71. The molecule has 6 nitrogen and oxygen atoms in total. The van der Waals surface area contributed by atoms with Crippen LogP contribution in [0.4, 0.5) is 11.4 Å². The van der Waals surface area contributed by atoms with Crippen LogP contribution in [0, 0.1) is 6.92 Å². The second-order valence-corrected chi connectivity index (χ2v) is 9.85. The maximum absolute atomic E-state index is 12.4. The monoisotopic (exact) mass is 515 g/mol. The third-order valence-electron chi connectivity index (χ3n) is 7.30. The van der Waals surface area contributed by atoms with Crippen molar-refractivity contribution in [2.75, 3.05) is 11.9 Å². The summed E-state index contributed by atoms with van der Waals surface area (Å²) in [6.45, 7) is 4.18. The van der Waals surface area contributed by atoms with Gasteiger partial charge in [-0.1, -0.05) is 84.0 Å². The number of hydrogen-bond donors (Lipinski definition) is 1. The average Bonchev–Trinajstić information content (AvgIpc) is 3.73. The summed E-state index contributed by atoms with van der Waals surface area (Å²) >= 11 is 0. The van der Waals surface area contributed by atoms with Gasteiger partial charge < -0.3 is 14.6 Å². The lowest BCUT2D eigenvalue weighted by Crippen LogP contribution is -2.23. The molecule has 2 heterocycles. The first kappa shape index (κ1) is 24.6. The van der Waals surface area contributed by atoms with Crippen LogP contribution in [0.3, 0.4) is 0 Å². The number of aryl methyl sites for hydroxylation is 1. The number of carbonyl (C=O) groups is 1. The summed E-state index contributed by atoms with van der Waals surface area (Å²) in [5.74, 6) is 0.564. The molecule has 0 atom stereocenters. The second kappa shape index (κ2) is 10.2. The molecule has 2 aromatic heterocycles. The van der Waals surface area contributed by atoms with Crippen LogP contribution in [0.5, 0.6) is 0 Å². The lowest BCUT2D eigenvalue weighted by Gasteiger charge is -2.14. The Morgan fingerprint density at radius 2 is 1.56 bits per heavy atom. The highest BCUT2D eigenvalue weighted by atomic mass is 16.5. The van der Waals surface area contributed by atoms with E-state index in [4.69, 9.17) is 9.26 Å². The molecule has 3 aromatic carbocycles. The summed E-state index contributed by atoms with van der Waals surface area (Å²) < 4.78 is 11.1. The van der Waals surface area contributed by atoms with Crippen molar-refractivity contribution in [1.29, 1.82) is 0 Å². The molecule has 5 aromatic rings. The fourth-order valence-corrected chi connectivity index (χ4v) is 4.93. The van der Waals surface area contributed by atoms with Crippen LogP contribution in [0.25, 0.3) is 33.7 Å². The lowest BCUT2D eigenvalue weighted by atomic mass is 9.93. The van der Waals surface area contributed by atoms with E-state index in [0.29, 0.717) is 12.4 Å². The van der Waals surface area contributed by atoms with E-state index in [9.17, 15) is 4.79 Å². The summed E-state index contributed by atoms with van der Waals surface area (Å²) in [6, 6.07) is 30.5. The Hall–Kier alpha value is -4.71. The number of nitrogens with zero attached hydrogens (tertiary/aromatic N) is 2. The van der Waals surface area contributed by atoms with Gasteiger partial charge in [0.15, 0.2) is 5.76 Å². The number of esters is 1. The van der Waals surface area contributed by atoms with Gasteiger partial charge in [-0.15, -0.1) is 0 Å². The van der Waals surface area contributed by atoms with E-state index >= 15 is 0 Å². The van der Waals surface area contributed by atoms with E-state index in [1.807, 2.05) is 80.6 Å². The molecule has 1 fully saturated rings. The lowest BCUT2D eigenvalue weighted by molar-refractivity contribution is -0.146. The first-order chi connectivity index (χ1) is 19.1. The minimum Gasteiger partial charge on any atom is -0.465 e. The standard InChI is InChI=1S/C33H29N3O3/c1-3-38-32(37)33(18-19-33)27-15-13-24(14-16-27)23-9-11-26(12-10-23)31-30(22(2)36-39-31)35-28-17-20-34-29(21-28)25-7-5-4-6-8-25/h4-17,20-21H,3,18-19H2,1-2H3,(H,34,35). The van der Waals surface area contributed by atoms with Gasteiger partial charge in [0, 0.05) is 23.0 Å². The highest BCUT2D eigenvalue weighted by Gasteiger charge is 2.52. The fourth-order valence-electron chi connectivity index (χ4n) is 4.93. The van der Waals surface area contributed by atoms with Crippen LogP contribution >= 0.6 is 0 Å². The molecule has 0 amide bonds. The molecule has 1 N–H and O–H groups in total. The van der Waals surface area contributed by atoms with Crippen molar-refractivity contribution in [2.45, 2.75) is 32.1 Å². The molecular formula is C33H29N3O3. The van der Waals surface area contributed by atoms with Crippen molar-refractivity contribution in [3.05, 3.63) is 108 Å². The van der Waals surface area contributed by atoms with E-state index in [-0.39, 0.29) is 5.97 Å². The zero-order valence-electron chi connectivity index (χ0n) is 22.0. The van der Waals surface area contributed by atoms with Gasteiger partial charge in [-0.3, -0.25) is 9.78 Å².